The summed E-state index contributed by atoms with van der Waals surface area (Å²) in [6, 6.07) is 5.97. The summed E-state index contributed by atoms with van der Waals surface area (Å²) in [7, 11) is 0. The Labute approximate surface area is 143 Å². The molecule has 1 atom stereocenters. The number of carbonyl (C=O) groups is 1. The number of hydrogen-bond acceptors (Lipinski definition) is 3. The van der Waals surface area contributed by atoms with Crippen molar-refractivity contribution in [3.8, 4) is 0 Å². The Morgan fingerprint density at radius 3 is 2.83 bits per heavy atom. The van der Waals surface area contributed by atoms with E-state index in [0.717, 1.165) is 43.8 Å². The number of amides is 1. The lowest BCUT2D eigenvalue weighted by atomic mass is 9.86. The Hall–Kier alpha value is -1.91. The van der Waals surface area contributed by atoms with Crippen molar-refractivity contribution >= 4 is 11.6 Å². The average Bonchev–Trinajstić information content (AvgIpc) is 3.07. The van der Waals surface area contributed by atoms with Crippen LogP contribution in [0.15, 0.2) is 24.4 Å². The molecule has 2 aliphatic rings. The molecular weight excluding hydrogens is 300 g/mol. The van der Waals surface area contributed by atoms with Crippen LogP contribution in [0.3, 0.4) is 0 Å². The third-order valence-electron chi connectivity index (χ3n) is 5.67. The van der Waals surface area contributed by atoms with Crippen LogP contribution in [0.5, 0.6) is 0 Å². The Bertz CT molecular complexity index is 704. The van der Waals surface area contributed by atoms with E-state index in [1.54, 1.807) is 0 Å². The molecule has 1 saturated heterocycles. The minimum absolute atomic E-state index is 0.298. The van der Waals surface area contributed by atoms with Crippen molar-refractivity contribution in [2.24, 2.45) is 5.92 Å². The normalized spacial score (nSPS) is 22.8. The minimum atomic E-state index is 0.298. The van der Waals surface area contributed by atoms with Gasteiger partial charge in [-0.25, -0.2) is 0 Å². The molecule has 5 nitrogen and oxygen atoms in total. The molecule has 2 fully saturated rings. The summed E-state index contributed by atoms with van der Waals surface area (Å²) >= 11 is 0. The van der Waals surface area contributed by atoms with Crippen molar-refractivity contribution in [1.29, 1.82) is 0 Å². The highest BCUT2D eigenvalue weighted by Gasteiger charge is 2.29. The molecule has 4 rings (SSSR count). The number of piperidine rings is 1. The van der Waals surface area contributed by atoms with Gasteiger partial charge in [-0.1, -0.05) is 25.3 Å². The van der Waals surface area contributed by atoms with Gasteiger partial charge in [0, 0.05) is 31.6 Å². The Kier molecular flexibility index (Phi) is 4.50. The van der Waals surface area contributed by atoms with Gasteiger partial charge in [0.2, 0.25) is 5.91 Å². The quantitative estimate of drug-likeness (QED) is 0.868. The SMILES string of the molecule is O=C(CC1CCCCC1)N1CCC[C@@H](c2nnc3ccccn23)C1. The Morgan fingerprint density at radius 2 is 1.96 bits per heavy atom. The van der Waals surface area contributed by atoms with E-state index in [2.05, 4.69) is 19.5 Å². The summed E-state index contributed by atoms with van der Waals surface area (Å²) < 4.78 is 2.07. The van der Waals surface area contributed by atoms with Crippen molar-refractivity contribution in [1.82, 2.24) is 19.5 Å². The van der Waals surface area contributed by atoms with Crippen molar-refractivity contribution in [3.05, 3.63) is 30.2 Å². The highest BCUT2D eigenvalue weighted by Crippen LogP contribution is 2.30. The summed E-state index contributed by atoms with van der Waals surface area (Å²) in [6.07, 6.45) is 11.3. The van der Waals surface area contributed by atoms with E-state index in [1.807, 2.05) is 24.4 Å². The first-order valence-corrected chi connectivity index (χ1v) is 9.38. The maximum absolute atomic E-state index is 12.7. The number of carbonyl (C=O) groups excluding carboxylic acids is 1. The van der Waals surface area contributed by atoms with E-state index in [-0.39, 0.29) is 0 Å². The molecule has 0 bridgehead atoms. The largest absolute Gasteiger partial charge is 0.342 e. The number of pyridine rings is 1. The zero-order valence-corrected chi connectivity index (χ0v) is 14.2. The Morgan fingerprint density at radius 1 is 1.08 bits per heavy atom. The van der Waals surface area contributed by atoms with Crippen molar-refractivity contribution in [2.75, 3.05) is 13.1 Å². The predicted molar refractivity (Wildman–Crippen MR) is 92.7 cm³/mol. The molecule has 0 spiro atoms. The van der Waals surface area contributed by atoms with E-state index in [1.165, 1.54) is 32.1 Å². The standard InChI is InChI=1S/C19H26N4O/c24-18(13-15-7-2-1-3-8-15)22-11-6-9-16(14-22)19-21-20-17-10-4-5-12-23(17)19/h4-5,10,12,15-16H,1-3,6-9,11,13-14H2/t16-/m1/s1. The zero-order chi connectivity index (χ0) is 16.4. The lowest BCUT2D eigenvalue weighted by molar-refractivity contribution is -0.133. The van der Waals surface area contributed by atoms with Crippen LogP contribution in [0.1, 0.15) is 63.1 Å². The first kappa shape index (κ1) is 15.6. The summed E-state index contributed by atoms with van der Waals surface area (Å²) in [5, 5.41) is 8.67. The summed E-state index contributed by atoms with van der Waals surface area (Å²) in [6.45, 7) is 1.69. The van der Waals surface area contributed by atoms with Crippen LogP contribution in [-0.2, 0) is 4.79 Å². The predicted octanol–water partition coefficient (Wildman–Crippen LogP) is 3.41. The number of hydrogen-bond donors (Lipinski definition) is 0. The van der Waals surface area contributed by atoms with Gasteiger partial charge in [-0.2, -0.15) is 0 Å². The monoisotopic (exact) mass is 326 g/mol. The fourth-order valence-corrected chi connectivity index (χ4v) is 4.32. The van der Waals surface area contributed by atoms with Gasteiger partial charge in [-0.15, -0.1) is 10.2 Å². The first-order valence-electron chi connectivity index (χ1n) is 9.38. The number of rotatable bonds is 3. The van der Waals surface area contributed by atoms with Crippen LogP contribution in [0.2, 0.25) is 0 Å². The molecule has 24 heavy (non-hydrogen) atoms. The molecule has 1 aliphatic carbocycles. The maximum Gasteiger partial charge on any atom is 0.222 e. The molecule has 0 radical (unpaired) electrons. The van der Waals surface area contributed by atoms with Gasteiger partial charge >= 0.3 is 0 Å². The molecule has 0 N–H and O–H groups in total. The van der Waals surface area contributed by atoms with Gasteiger partial charge in [-0.05, 0) is 43.7 Å². The van der Waals surface area contributed by atoms with Crippen LogP contribution in [0.4, 0.5) is 0 Å². The van der Waals surface area contributed by atoms with E-state index >= 15 is 0 Å². The first-order chi connectivity index (χ1) is 11.8. The van der Waals surface area contributed by atoms with Crippen LogP contribution < -0.4 is 0 Å². The molecule has 1 saturated carbocycles. The Balaban J connectivity index is 1.44. The topological polar surface area (TPSA) is 50.5 Å². The van der Waals surface area contributed by atoms with E-state index in [9.17, 15) is 4.79 Å². The third kappa shape index (κ3) is 3.17. The van der Waals surface area contributed by atoms with Crippen molar-refractivity contribution in [2.45, 2.75) is 57.3 Å². The van der Waals surface area contributed by atoms with Gasteiger partial charge < -0.3 is 4.90 Å². The second kappa shape index (κ2) is 6.91. The number of likely N-dealkylation sites (tertiary alicyclic amines) is 1. The van der Waals surface area contributed by atoms with Gasteiger partial charge in [0.05, 0.1) is 0 Å². The van der Waals surface area contributed by atoms with Crippen LogP contribution in [0.25, 0.3) is 5.65 Å². The van der Waals surface area contributed by atoms with Gasteiger partial charge in [0.25, 0.3) is 0 Å². The van der Waals surface area contributed by atoms with Crippen LogP contribution in [0, 0.1) is 5.92 Å². The van der Waals surface area contributed by atoms with E-state index in [0.29, 0.717) is 17.7 Å². The second-order valence-electron chi connectivity index (χ2n) is 7.37. The van der Waals surface area contributed by atoms with Crippen LogP contribution >= 0.6 is 0 Å². The third-order valence-corrected chi connectivity index (χ3v) is 5.67. The molecule has 1 amide bonds. The summed E-state index contributed by atoms with van der Waals surface area (Å²) in [5.41, 5.74) is 0.887. The van der Waals surface area contributed by atoms with E-state index in [4.69, 9.17) is 0 Å². The highest BCUT2D eigenvalue weighted by atomic mass is 16.2. The summed E-state index contributed by atoms with van der Waals surface area (Å²) in [5.74, 6) is 2.26. The number of fused-ring (bicyclic) bond motifs is 1. The maximum atomic E-state index is 12.7. The van der Waals surface area contributed by atoms with Gasteiger partial charge in [-0.3, -0.25) is 9.20 Å². The number of nitrogens with zero attached hydrogens (tertiary/aromatic N) is 4. The molecule has 2 aromatic heterocycles. The van der Waals surface area contributed by atoms with Crippen LogP contribution in [-0.4, -0.2) is 38.5 Å². The van der Waals surface area contributed by atoms with Gasteiger partial charge in [0.1, 0.15) is 5.82 Å². The van der Waals surface area contributed by atoms with Crippen molar-refractivity contribution in [3.63, 3.8) is 0 Å². The second-order valence-corrected chi connectivity index (χ2v) is 7.37. The fourth-order valence-electron chi connectivity index (χ4n) is 4.32. The zero-order valence-electron chi connectivity index (χ0n) is 14.2. The highest BCUT2D eigenvalue weighted by molar-refractivity contribution is 5.76. The van der Waals surface area contributed by atoms with Crippen molar-refractivity contribution < 1.29 is 4.79 Å². The average molecular weight is 326 g/mol. The summed E-state index contributed by atoms with van der Waals surface area (Å²) in [4.78, 5) is 14.8. The molecule has 1 aliphatic heterocycles. The molecule has 3 heterocycles. The molecule has 128 valence electrons. The fraction of sp³-hybridized carbons (Fsp3) is 0.632. The molecule has 0 aromatic carbocycles. The molecule has 0 unspecified atom stereocenters. The lowest BCUT2D eigenvalue weighted by Crippen LogP contribution is -2.40. The number of aromatic nitrogens is 3. The molecule has 5 heteroatoms. The smallest absolute Gasteiger partial charge is 0.222 e. The lowest BCUT2D eigenvalue weighted by Gasteiger charge is -2.33. The molecular formula is C19H26N4O. The minimum Gasteiger partial charge on any atom is -0.342 e. The van der Waals surface area contributed by atoms with E-state index < -0.39 is 0 Å². The van der Waals surface area contributed by atoms with Gasteiger partial charge in [0.15, 0.2) is 5.65 Å². The molecule has 2 aromatic rings.